The van der Waals surface area contributed by atoms with Crippen molar-refractivity contribution in [2.24, 2.45) is 5.92 Å². The van der Waals surface area contributed by atoms with Gasteiger partial charge in [-0.3, -0.25) is 9.69 Å². The molecule has 120 valence electrons. The molecule has 0 aliphatic carbocycles. The lowest BCUT2D eigenvalue weighted by atomic mass is 9.82. The molecule has 3 rings (SSSR count). The van der Waals surface area contributed by atoms with Gasteiger partial charge in [0, 0.05) is 18.0 Å². The minimum atomic E-state index is -4.53. The Hall–Kier alpha value is -1.47. The third-order valence-electron chi connectivity index (χ3n) is 4.55. The number of hydrogen-bond donors (Lipinski definition) is 0. The number of morpholine rings is 1. The van der Waals surface area contributed by atoms with Gasteiger partial charge in [-0.05, 0) is 32.0 Å². The van der Waals surface area contributed by atoms with Gasteiger partial charge in [0.2, 0.25) is 0 Å². The molecule has 0 radical (unpaired) electrons. The number of hydrogen-bond acceptors (Lipinski definition) is 4. The summed E-state index contributed by atoms with van der Waals surface area (Å²) in [5.41, 5.74) is -1.11. The van der Waals surface area contributed by atoms with E-state index in [9.17, 15) is 18.0 Å². The van der Waals surface area contributed by atoms with Gasteiger partial charge in [0.25, 0.3) is 0 Å². The molecule has 0 aromatic carbocycles. The Balaban J connectivity index is 1.80. The summed E-state index contributed by atoms with van der Waals surface area (Å²) in [7, 11) is 2.00. The number of piperidine rings is 1. The van der Waals surface area contributed by atoms with E-state index in [0.29, 0.717) is 26.1 Å². The number of carbonyl (C=O) groups is 1. The molecule has 0 saturated carbocycles. The third-order valence-corrected chi connectivity index (χ3v) is 4.55. The fraction of sp³-hybridized carbons (Fsp3) is 0.600. The smallest absolute Gasteiger partial charge is 0.378 e. The summed E-state index contributed by atoms with van der Waals surface area (Å²) in [4.78, 5) is 18.2. The molecule has 2 atom stereocenters. The average Bonchev–Trinajstić information content (AvgIpc) is 2.45. The van der Waals surface area contributed by atoms with Crippen LogP contribution in [0.25, 0.3) is 0 Å². The lowest BCUT2D eigenvalue weighted by Gasteiger charge is -2.46. The van der Waals surface area contributed by atoms with Gasteiger partial charge in [-0.25, -0.2) is 4.98 Å². The molecule has 3 heterocycles. The number of aromatic nitrogens is 1. The molecule has 22 heavy (non-hydrogen) atoms. The predicted molar refractivity (Wildman–Crippen MR) is 72.5 cm³/mol. The highest BCUT2D eigenvalue weighted by Gasteiger charge is 2.40. The van der Waals surface area contributed by atoms with E-state index in [1.807, 2.05) is 7.05 Å². The number of ether oxygens (including phenoxy) is 1. The number of carbonyl (C=O) groups excluding carboxylic acids is 1. The van der Waals surface area contributed by atoms with Crippen molar-refractivity contribution in [1.82, 2.24) is 9.88 Å². The van der Waals surface area contributed by atoms with Crippen LogP contribution in [0.4, 0.5) is 13.2 Å². The highest BCUT2D eigenvalue weighted by molar-refractivity contribution is 5.96. The highest BCUT2D eigenvalue weighted by Crippen LogP contribution is 2.33. The Morgan fingerprint density at radius 1 is 1.27 bits per heavy atom. The van der Waals surface area contributed by atoms with E-state index in [2.05, 4.69) is 9.88 Å². The molecule has 2 bridgehead atoms. The molecular weight excluding hydrogens is 297 g/mol. The number of likely N-dealkylation sites (N-methyl/N-ethyl adjacent to an activating group) is 1. The van der Waals surface area contributed by atoms with Crippen molar-refractivity contribution in [3.63, 3.8) is 0 Å². The van der Waals surface area contributed by atoms with Gasteiger partial charge in [0.05, 0.1) is 13.2 Å². The van der Waals surface area contributed by atoms with Crippen molar-refractivity contribution in [3.8, 4) is 0 Å². The maximum Gasteiger partial charge on any atom is 0.433 e. The number of pyridine rings is 1. The zero-order valence-electron chi connectivity index (χ0n) is 12.1. The monoisotopic (exact) mass is 314 g/mol. The number of halogens is 3. The molecule has 2 aliphatic heterocycles. The fourth-order valence-electron chi connectivity index (χ4n) is 3.25. The topological polar surface area (TPSA) is 42.4 Å². The van der Waals surface area contributed by atoms with Gasteiger partial charge in [0.15, 0.2) is 5.78 Å². The van der Waals surface area contributed by atoms with Crippen LogP contribution in [0, 0.1) is 5.92 Å². The van der Waals surface area contributed by atoms with Gasteiger partial charge in [-0.1, -0.05) is 6.07 Å². The summed E-state index contributed by atoms with van der Waals surface area (Å²) in [6.07, 6.45) is -3.33. The lowest BCUT2D eigenvalue weighted by molar-refractivity contribution is -0.141. The number of rotatable bonds is 2. The maximum absolute atomic E-state index is 12.7. The maximum atomic E-state index is 12.7. The van der Waals surface area contributed by atoms with Crippen LogP contribution >= 0.6 is 0 Å². The van der Waals surface area contributed by atoms with Crippen molar-refractivity contribution in [1.29, 1.82) is 0 Å². The van der Waals surface area contributed by atoms with E-state index < -0.39 is 11.9 Å². The van der Waals surface area contributed by atoms with Crippen molar-refractivity contribution in [2.45, 2.75) is 31.1 Å². The normalized spacial score (nSPS) is 29.4. The SMILES string of the molecule is CN1C2COCC1CC(C(=O)c1cccc(C(F)(F)F)n1)C2. The van der Waals surface area contributed by atoms with E-state index in [-0.39, 0.29) is 29.5 Å². The van der Waals surface area contributed by atoms with E-state index in [0.717, 1.165) is 6.07 Å². The van der Waals surface area contributed by atoms with E-state index in [1.165, 1.54) is 12.1 Å². The first-order valence-electron chi connectivity index (χ1n) is 7.24. The lowest BCUT2D eigenvalue weighted by Crippen LogP contribution is -2.55. The summed E-state index contributed by atoms with van der Waals surface area (Å²) in [5, 5.41) is 0. The van der Waals surface area contributed by atoms with E-state index >= 15 is 0 Å². The first kappa shape index (κ1) is 15.4. The van der Waals surface area contributed by atoms with Crippen LogP contribution in [-0.4, -0.2) is 48.0 Å². The molecule has 7 heteroatoms. The van der Waals surface area contributed by atoms with Gasteiger partial charge in [0.1, 0.15) is 11.4 Å². The number of fused-ring (bicyclic) bond motifs is 2. The molecule has 2 saturated heterocycles. The summed E-state index contributed by atoms with van der Waals surface area (Å²) in [6, 6.07) is 3.78. The van der Waals surface area contributed by atoms with Crippen LogP contribution in [0.1, 0.15) is 29.0 Å². The highest BCUT2D eigenvalue weighted by atomic mass is 19.4. The quantitative estimate of drug-likeness (QED) is 0.786. The second-order valence-corrected chi connectivity index (χ2v) is 5.95. The van der Waals surface area contributed by atoms with Crippen LogP contribution in [0.15, 0.2) is 18.2 Å². The van der Waals surface area contributed by atoms with Crippen LogP contribution in [0.3, 0.4) is 0 Å². The number of Topliss-reactive ketones (excluding diaryl/α,β-unsaturated/α-hetero) is 1. The summed E-state index contributed by atoms with van der Waals surface area (Å²) in [5.74, 6) is -0.581. The molecule has 2 aliphatic rings. The van der Waals surface area contributed by atoms with E-state index in [1.54, 1.807) is 0 Å². The number of nitrogens with zero attached hydrogens (tertiary/aromatic N) is 2. The minimum Gasteiger partial charge on any atom is -0.378 e. The van der Waals surface area contributed by atoms with Crippen LogP contribution in [0.2, 0.25) is 0 Å². The van der Waals surface area contributed by atoms with E-state index in [4.69, 9.17) is 4.74 Å². The van der Waals surface area contributed by atoms with Gasteiger partial charge >= 0.3 is 6.18 Å². The summed E-state index contributed by atoms with van der Waals surface area (Å²) < 4.78 is 43.6. The van der Waals surface area contributed by atoms with Crippen molar-refractivity contribution >= 4 is 5.78 Å². The zero-order chi connectivity index (χ0) is 15.9. The molecule has 0 N–H and O–H groups in total. The third kappa shape index (κ3) is 2.87. The molecule has 1 aromatic rings. The van der Waals surface area contributed by atoms with Crippen molar-refractivity contribution in [3.05, 3.63) is 29.6 Å². The van der Waals surface area contributed by atoms with Gasteiger partial charge in [-0.2, -0.15) is 13.2 Å². The molecule has 0 spiro atoms. The Bertz CT molecular complexity index is 562. The second kappa shape index (κ2) is 5.62. The minimum absolute atomic E-state index is 0.0941. The Morgan fingerprint density at radius 2 is 1.91 bits per heavy atom. The van der Waals surface area contributed by atoms with Gasteiger partial charge in [-0.15, -0.1) is 0 Å². The average molecular weight is 314 g/mol. The Kier molecular flexibility index (Phi) is 3.94. The number of alkyl halides is 3. The molecule has 1 aromatic heterocycles. The zero-order valence-corrected chi connectivity index (χ0v) is 12.1. The second-order valence-electron chi connectivity index (χ2n) is 5.95. The molecule has 4 nitrogen and oxygen atoms in total. The summed E-state index contributed by atoms with van der Waals surface area (Å²) in [6.45, 7) is 1.12. The van der Waals surface area contributed by atoms with Crippen LogP contribution in [0.5, 0.6) is 0 Å². The fourth-order valence-corrected chi connectivity index (χ4v) is 3.25. The molecule has 0 amide bonds. The summed E-state index contributed by atoms with van der Waals surface area (Å²) >= 11 is 0. The van der Waals surface area contributed by atoms with Crippen LogP contribution in [-0.2, 0) is 10.9 Å². The Labute approximate surface area is 126 Å². The van der Waals surface area contributed by atoms with Crippen molar-refractivity contribution in [2.75, 3.05) is 20.3 Å². The molecular formula is C15H17F3N2O2. The predicted octanol–water partition coefficient (Wildman–Crippen LogP) is 2.39. The number of ketones is 1. The first-order chi connectivity index (χ1) is 10.4. The first-order valence-corrected chi connectivity index (χ1v) is 7.24. The van der Waals surface area contributed by atoms with Gasteiger partial charge < -0.3 is 4.74 Å². The Morgan fingerprint density at radius 3 is 2.50 bits per heavy atom. The largest absolute Gasteiger partial charge is 0.433 e. The standard InChI is InChI=1S/C15H17F3N2O2/c1-20-10-5-9(6-11(20)8-22-7-10)14(21)12-3-2-4-13(19-12)15(16,17)18/h2-4,9-11H,5-8H2,1H3. The molecule has 2 fully saturated rings. The van der Waals surface area contributed by atoms with Crippen molar-refractivity contribution < 1.29 is 22.7 Å². The molecule has 2 unspecified atom stereocenters. The van der Waals surface area contributed by atoms with Crippen LogP contribution < -0.4 is 0 Å².